The van der Waals surface area contributed by atoms with Gasteiger partial charge in [-0.05, 0) is 50.1 Å². The molecule has 0 saturated heterocycles. The summed E-state index contributed by atoms with van der Waals surface area (Å²) in [5.74, 6) is 1.40. The molecule has 5 rings (SSSR count). The summed E-state index contributed by atoms with van der Waals surface area (Å²) in [7, 11) is 0. The lowest BCUT2D eigenvalue weighted by molar-refractivity contribution is 1.01. The van der Waals surface area contributed by atoms with Gasteiger partial charge in [0.15, 0.2) is 5.43 Å². The number of allylic oxidation sites excluding steroid dienone is 3. The average Bonchev–Trinajstić information content (AvgIpc) is 2.82. The average molecular weight is 421 g/mol. The van der Waals surface area contributed by atoms with E-state index in [-0.39, 0.29) is 5.43 Å². The van der Waals surface area contributed by atoms with Gasteiger partial charge in [-0.2, -0.15) is 0 Å². The molecule has 5 heteroatoms. The molecule has 0 atom stereocenters. The summed E-state index contributed by atoms with van der Waals surface area (Å²) in [4.78, 5) is 17.5. The van der Waals surface area contributed by atoms with Crippen molar-refractivity contribution >= 4 is 28.2 Å². The van der Waals surface area contributed by atoms with Gasteiger partial charge in [-0.25, -0.2) is 4.98 Å². The van der Waals surface area contributed by atoms with Crippen molar-refractivity contribution in [3.8, 4) is 5.69 Å². The van der Waals surface area contributed by atoms with Crippen molar-refractivity contribution < 1.29 is 0 Å². The van der Waals surface area contributed by atoms with Crippen LogP contribution in [0.25, 0.3) is 16.6 Å². The van der Waals surface area contributed by atoms with Crippen molar-refractivity contribution in [1.29, 1.82) is 0 Å². The molecule has 0 amide bonds. The third-order valence-corrected chi connectivity index (χ3v) is 5.50. The molecule has 1 aliphatic rings. The van der Waals surface area contributed by atoms with Crippen LogP contribution in [0.3, 0.4) is 0 Å². The van der Waals surface area contributed by atoms with Crippen molar-refractivity contribution in [3.05, 3.63) is 113 Å². The second-order valence-electron chi connectivity index (χ2n) is 7.91. The first-order valence-electron chi connectivity index (χ1n) is 10.8. The molecule has 0 radical (unpaired) electrons. The Bertz CT molecular complexity index is 1380. The van der Waals surface area contributed by atoms with Gasteiger partial charge in [0.05, 0.1) is 10.9 Å². The first-order chi connectivity index (χ1) is 15.7. The molecule has 1 aliphatic carbocycles. The number of fused-ring (bicyclic) bond motifs is 1. The van der Waals surface area contributed by atoms with Crippen LogP contribution in [-0.4, -0.2) is 9.55 Å². The molecule has 0 aliphatic heterocycles. The predicted molar refractivity (Wildman–Crippen MR) is 132 cm³/mol. The molecule has 2 aromatic heterocycles. The summed E-state index contributed by atoms with van der Waals surface area (Å²) in [6.45, 7) is 2.06. The lowest BCUT2D eigenvalue weighted by atomic mass is 10.1. The Morgan fingerprint density at radius 2 is 1.75 bits per heavy atom. The van der Waals surface area contributed by atoms with Gasteiger partial charge < -0.3 is 10.6 Å². The highest BCUT2D eigenvalue weighted by Gasteiger charge is 2.13. The number of nitrogens with one attached hydrogen (secondary N) is 2. The van der Waals surface area contributed by atoms with E-state index in [0.717, 1.165) is 41.2 Å². The van der Waals surface area contributed by atoms with E-state index in [2.05, 4.69) is 57.5 Å². The number of aryl methyl sites for hydroxylation is 1. The number of aromatic nitrogens is 2. The quantitative estimate of drug-likeness (QED) is 0.411. The maximum absolute atomic E-state index is 13.0. The van der Waals surface area contributed by atoms with Crippen molar-refractivity contribution in [2.75, 3.05) is 10.6 Å². The summed E-state index contributed by atoms with van der Waals surface area (Å²) >= 11 is 0. The maximum atomic E-state index is 13.0. The SMILES string of the molecule is Cc1ccc(Nc2cc3c(cn2)c(=O)cc(NC2=CCCC=C2)n3-c2ccccc2)cc1. The van der Waals surface area contributed by atoms with Crippen LogP contribution in [0.4, 0.5) is 17.3 Å². The smallest absolute Gasteiger partial charge is 0.193 e. The second-order valence-corrected chi connectivity index (χ2v) is 7.91. The molecule has 0 fully saturated rings. The third-order valence-electron chi connectivity index (χ3n) is 5.50. The Balaban J connectivity index is 1.67. The van der Waals surface area contributed by atoms with Gasteiger partial charge in [-0.15, -0.1) is 0 Å². The van der Waals surface area contributed by atoms with E-state index in [1.54, 1.807) is 12.3 Å². The van der Waals surface area contributed by atoms with Gasteiger partial charge in [-0.3, -0.25) is 9.36 Å². The maximum Gasteiger partial charge on any atom is 0.193 e. The largest absolute Gasteiger partial charge is 0.342 e. The number of para-hydroxylation sites is 1. The Morgan fingerprint density at radius 3 is 2.50 bits per heavy atom. The summed E-state index contributed by atoms with van der Waals surface area (Å²) in [6.07, 6.45) is 10.0. The Morgan fingerprint density at radius 1 is 0.938 bits per heavy atom. The number of anilines is 3. The van der Waals surface area contributed by atoms with Crippen LogP contribution in [0.5, 0.6) is 0 Å². The van der Waals surface area contributed by atoms with Crippen molar-refractivity contribution in [2.45, 2.75) is 19.8 Å². The molecule has 2 aromatic carbocycles. The molecule has 0 spiro atoms. The molecule has 32 heavy (non-hydrogen) atoms. The van der Waals surface area contributed by atoms with Gasteiger partial charge in [0.25, 0.3) is 0 Å². The second kappa shape index (κ2) is 8.55. The molecular weight excluding hydrogens is 396 g/mol. The predicted octanol–water partition coefficient (Wildman–Crippen LogP) is 6.08. The highest BCUT2D eigenvalue weighted by Crippen LogP contribution is 2.26. The lowest BCUT2D eigenvalue weighted by Crippen LogP contribution is -2.15. The van der Waals surface area contributed by atoms with Gasteiger partial charge in [0.2, 0.25) is 0 Å². The van der Waals surface area contributed by atoms with Crippen LogP contribution in [0.15, 0.2) is 102 Å². The fourth-order valence-corrected chi connectivity index (χ4v) is 3.87. The summed E-state index contributed by atoms with van der Waals surface area (Å²) < 4.78 is 2.07. The van der Waals surface area contributed by atoms with E-state index < -0.39 is 0 Å². The van der Waals surface area contributed by atoms with E-state index in [1.807, 2.05) is 48.5 Å². The first kappa shape index (κ1) is 19.8. The third kappa shape index (κ3) is 4.05. The summed E-state index contributed by atoms with van der Waals surface area (Å²) in [5, 5.41) is 7.38. The molecule has 0 bridgehead atoms. The highest BCUT2D eigenvalue weighted by molar-refractivity contribution is 5.85. The minimum atomic E-state index is -0.0653. The minimum Gasteiger partial charge on any atom is -0.342 e. The fraction of sp³-hybridized carbons (Fsp3) is 0.111. The Hall–Kier alpha value is -4.12. The van der Waals surface area contributed by atoms with Crippen LogP contribution < -0.4 is 16.1 Å². The number of nitrogens with zero attached hydrogens (tertiary/aromatic N) is 2. The zero-order chi connectivity index (χ0) is 21.9. The van der Waals surface area contributed by atoms with E-state index in [1.165, 1.54) is 5.56 Å². The van der Waals surface area contributed by atoms with Crippen LogP contribution in [0.2, 0.25) is 0 Å². The lowest BCUT2D eigenvalue weighted by Gasteiger charge is -2.20. The van der Waals surface area contributed by atoms with Crippen molar-refractivity contribution in [3.63, 3.8) is 0 Å². The van der Waals surface area contributed by atoms with E-state index in [4.69, 9.17) is 0 Å². The normalized spacial score (nSPS) is 13.1. The molecule has 4 aromatic rings. The number of rotatable bonds is 5. The van der Waals surface area contributed by atoms with Crippen LogP contribution in [0.1, 0.15) is 18.4 Å². The fourth-order valence-electron chi connectivity index (χ4n) is 3.87. The minimum absolute atomic E-state index is 0.0653. The van der Waals surface area contributed by atoms with E-state index in [0.29, 0.717) is 11.2 Å². The molecule has 2 N–H and O–H groups in total. The molecule has 0 saturated carbocycles. The van der Waals surface area contributed by atoms with E-state index in [9.17, 15) is 4.79 Å². The topological polar surface area (TPSA) is 59.0 Å². The highest BCUT2D eigenvalue weighted by atomic mass is 16.1. The molecule has 5 nitrogen and oxygen atoms in total. The number of hydrogen-bond donors (Lipinski definition) is 2. The number of hydrogen-bond acceptors (Lipinski definition) is 4. The molecule has 0 unspecified atom stereocenters. The van der Waals surface area contributed by atoms with Gasteiger partial charge in [0.1, 0.15) is 11.6 Å². The standard InChI is InChI=1S/C27H24N4O/c1-19-12-14-21(15-13-19)29-26-16-24-23(18-28-26)25(32)17-27(30-20-8-4-2-5-9-20)31(24)22-10-6-3-7-11-22/h3-4,6-18,30H,2,5H2,1H3,(H,28,29). The van der Waals surface area contributed by atoms with Crippen LogP contribution >= 0.6 is 0 Å². The van der Waals surface area contributed by atoms with Gasteiger partial charge in [0, 0.05) is 35.4 Å². The van der Waals surface area contributed by atoms with Crippen molar-refractivity contribution in [1.82, 2.24) is 9.55 Å². The van der Waals surface area contributed by atoms with Crippen LogP contribution in [-0.2, 0) is 0 Å². The zero-order valence-electron chi connectivity index (χ0n) is 17.9. The van der Waals surface area contributed by atoms with Gasteiger partial charge >= 0.3 is 0 Å². The van der Waals surface area contributed by atoms with Gasteiger partial charge in [-0.1, -0.05) is 48.0 Å². The van der Waals surface area contributed by atoms with Crippen LogP contribution in [0, 0.1) is 6.92 Å². The summed E-state index contributed by atoms with van der Waals surface area (Å²) in [6, 6.07) is 21.8. The monoisotopic (exact) mass is 420 g/mol. The first-order valence-corrected chi connectivity index (χ1v) is 10.8. The van der Waals surface area contributed by atoms with Crippen molar-refractivity contribution in [2.24, 2.45) is 0 Å². The number of pyridine rings is 2. The van der Waals surface area contributed by atoms with E-state index >= 15 is 0 Å². The molecular formula is C27H24N4O. The zero-order valence-corrected chi connectivity index (χ0v) is 17.9. The Labute approximate surface area is 186 Å². The molecule has 158 valence electrons. The number of benzene rings is 2. The molecule has 2 heterocycles. The Kier molecular flexibility index (Phi) is 5.30. The summed E-state index contributed by atoms with van der Waals surface area (Å²) in [5.41, 5.74) is 4.82.